The molecule has 0 bridgehead atoms. The second kappa shape index (κ2) is 8.49. The molecule has 0 spiro atoms. The van der Waals surface area contributed by atoms with E-state index in [0.717, 1.165) is 15.7 Å². The van der Waals surface area contributed by atoms with Crippen LogP contribution in [0.15, 0.2) is 46.2 Å². The van der Waals surface area contributed by atoms with Crippen LogP contribution in [0.3, 0.4) is 0 Å². The van der Waals surface area contributed by atoms with Crippen molar-refractivity contribution in [2.24, 2.45) is 0 Å². The normalized spacial score (nSPS) is 11.6. The molecule has 1 heterocycles. The summed E-state index contributed by atoms with van der Waals surface area (Å²) in [4.78, 5) is 24.4. The zero-order chi connectivity index (χ0) is 20.2. The van der Waals surface area contributed by atoms with Gasteiger partial charge < -0.3 is 9.88 Å². The van der Waals surface area contributed by atoms with E-state index in [1.54, 1.807) is 19.9 Å². The first-order chi connectivity index (χ1) is 12.7. The number of hydrogen-bond donors (Lipinski definition) is 1. The van der Waals surface area contributed by atoms with E-state index in [0.29, 0.717) is 18.8 Å². The number of amides is 1. The van der Waals surface area contributed by atoms with Crippen LogP contribution in [0.5, 0.6) is 0 Å². The Morgan fingerprint density at radius 3 is 2.33 bits per heavy atom. The Balaban J connectivity index is 2.24. The van der Waals surface area contributed by atoms with Crippen molar-refractivity contribution in [3.8, 4) is 0 Å². The molecule has 0 atom stereocenters. The third kappa shape index (κ3) is 4.84. The van der Waals surface area contributed by atoms with Gasteiger partial charge >= 0.3 is 0 Å². The highest BCUT2D eigenvalue weighted by Gasteiger charge is 2.22. The lowest BCUT2D eigenvalue weighted by Crippen LogP contribution is -2.33. The molecule has 1 aromatic heterocycles. The number of hydrogen-bond acceptors (Lipinski definition) is 4. The summed E-state index contributed by atoms with van der Waals surface area (Å²) in [5, 5.41) is 2.73. The standard InChI is InChI=1S/C19H25N3O4S/c1-5-22(6-2)27(25,26)17-9-10-19(24)21(12-17)13-18(23)20-16-8-7-14(3)15(4)11-16/h7-12H,5-6,13H2,1-4H3,(H,20,23). The van der Waals surface area contributed by atoms with Crippen LogP contribution < -0.4 is 10.9 Å². The second-order valence-electron chi connectivity index (χ2n) is 6.27. The Hall–Kier alpha value is -2.45. The molecular formula is C19H25N3O4S. The van der Waals surface area contributed by atoms with E-state index in [9.17, 15) is 18.0 Å². The molecule has 7 nitrogen and oxygen atoms in total. The van der Waals surface area contributed by atoms with E-state index >= 15 is 0 Å². The molecule has 1 amide bonds. The highest BCUT2D eigenvalue weighted by Crippen LogP contribution is 2.15. The van der Waals surface area contributed by atoms with Crippen LogP contribution in [0.2, 0.25) is 0 Å². The molecule has 8 heteroatoms. The van der Waals surface area contributed by atoms with Crippen LogP contribution >= 0.6 is 0 Å². The van der Waals surface area contributed by atoms with Gasteiger partial charge in [-0.25, -0.2) is 8.42 Å². The molecule has 0 radical (unpaired) electrons. The van der Waals surface area contributed by atoms with Gasteiger partial charge in [-0.2, -0.15) is 4.31 Å². The summed E-state index contributed by atoms with van der Waals surface area (Å²) in [6.45, 7) is 7.78. The average Bonchev–Trinajstić information content (AvgIpc) is 2.60. The zero-order valence-corrected chi connectivity index (χ0v) is 16.8. The van der Waals surface area contributed by atoms with Gasteiger partial charge in [0.25, 0.3) is 5.56 Å². The first-order valence-electron chi connectivity index (χ1n) is 8.76. The molecule has 0 aliphatic heterocycles. The predicted octanol–water partition coefficient (Wildman–Crippen LogP) is 2.13. The lowest BCUT2D eigenvalue weighted by molar-refractivity contribution is -0.116. The fraction of sp³-hybridized carbons (Fsp3) is 0.368. The van der Waals surface area contributed by atoms with Crippen molar-refractivity contribution < 1.29 is 13.2 Å². The quantitative estimate of drug-likeness (QED) is 0.783. The van der Waals surface area contributed by atoms with E-state index in [1.165, 1.54) is 22.6 Å². The number of carbonyl (C=O) groups excluding carboxylic acids is 1. The van der Waals surface area contributed by atoms with Gasteiger partial charge in [-0.15, -0.1) is 0 Å². The first-order valence-corrected chi connectivity index (χ1v) is 10.2. The third-order valence-corrected chi connectivity index (χ3v) is 6.44. The Bertz CT molecular complexity index is 992. The van der Waals surface area contributed by atoms with Crippen molar-refractivity contribution in [1.82, 2.24) is 8.87 Å². The number of nitrogens with zero attached hydrogens (tertiary/aromatic N) is 2. The second-order valence-corrected chi connectivity index (χ2v) is 8.21. The maximum atomic E-state index is 12.6. The Morgan fingerprint density at radius 2 is 1.74 bits per heavy atom. The highest BCUT2D eigenvalue weighted by atomic mass is 32.2. The molecule has 0 unspecified atom stereocenters. The summed E-state index contributed by atoms with van der Waals surface area (Å²) in [5.41, 5.74) is 2.34. The minimum Gasteiger partial charge on any atom is -0.325 e. The first kappa shape index (κ1) is 20.9. The molecule has 2 aromatic rings. The zero-order valence-electron chi connectivity index (χ0n) is 16.0. The van der Waals surface area contributed by atoms with Crippen molar-refractivity contribution in [1.29, 1.82) is 0 Å². The Morgan fingerprint density at radius 1 is 1.07 bits per heavy atom. The number of anilines is 1. The topological polar surface area (TPSA) is 88.5 Å². The third-order valence-electron chi connectivity index (χ3n) is 4.40. The molecule has 0 saturated carbocycles. The summed E-state index contributed by atoms with van der Waals surface area (Å²) in [6, 6.07) is 7.96. The SMILES string of the molecule is CCN(CC)S(=O)(=O)c1ccc(=O)n(CC(=O)Nc2ccc(C)c(C)c2)c1. The lowest BCUT2D eigenvalue weighted by atomic mass is 10.1. The maximum Gasteiger partial charge on any atom is 0.251 e. The smallest absolute Gasteiger partial charge is 0.251 e. The molecule has 1 aromatic carbocycles. The van der Waals surface area contributed by atoms with Gasteiger partial charge in [0, 0.05) is 31.0 Å². The lowest BCUT2D eigenvalue weighted by Gasteiger charge is -2.19. The number of benzene rings is 1. The van der Waals surface area contributed by atoms with Crippen molar-refractivity contribution in [3.05, 3.63) is 58.0 Å². The summed E-state index contributed by atoms with van der Waals surface area (Å²) >= 11 is 0. The van der Waals surface area contributed by atoms with Crippen LogP contribution in [0.4, 0.5) is 5.69 Å². The van der Waals surface area contributed by atoms with Crippen LogP contribution in [0.25, 0.3) is 0 Å². The van der Waals surface area contributed by atoms with Gasteiger partial charge in [-0.05, 0) is 43.2 Å². The van der Waals surface area contributed by atoms with Gasteiger partial charge in [0.2, 0.25) is 15.9 Å². The number of aryl methyl sites for hydroxylation is 2. The minimum atomic E-state index is -3.70. The van der Waals surface area contributed by atoms with Crippen molar-refractivity contribution in [2.45, 2.75) is 39.1 Å². The molecule has 0 aliphatic rings. The van der Waals surface area contributed by atoms with Gasteiger partial charge in [0.15, 0.2) is 0 Å². The van der Waals surface area contributed by atoms with Crippen LogP contribution in [0, 0.1) is 13.8 Å². The van der Waals surface area contributed by atoms with Crippen molar-refractivity contribution in [3.63, 3.8) is 0 Å². The van der Waals surface area contributed by atoms with E-state index in [2.05, 4.69) is 5.32 Å². The Kier molecular flexibility index (Phi) is 6.56. The summed E-state index contributed by atoms with van der Waals surface area (Å²) in [6.07, 6.45) is 1.22. The fourth-order valence-electron chi connectivity index (χ4n) is 2.67. The molecule has 146 valence electrons. The maximum absolute atomic E-state index is 12.6. The van der Waals surface area contributed by atoms with Gasteiger partial charge in [-0.3, -0.25) is 9.59 Å². The number of carbonyl (C=O) groups is 1. The number of aromatic nitrogens is 1. The van der Waals surface area contributed by atoms with E-state index < -0.39 is 21.5 Å². The van der Waals surface area contributed by atoms with Crippen LogP contribution in [-0.2, 0) is 21.4 Å². The highest BCUT2D eigenvalue weighted by molar-refractivity contribution is 7.89. The number of nitrogens with one attached hydrogen (secondary N) is 1. The molecule has 1 N–H and O–H groups in total. The number of rotatable bonds is 7. The van der Waals surface area contributed by atoms with Crippen LogP contribution in [-0.4, -0.2) is 36.3 Å². The predicted molar refractivity (Wildman–Crippen MR) is 105 cm³/mol. The summed E-state index contributed by atoms with van der Waals surface area (Å²) < 4.78 is 27.6. The van der Waals surface area contributed by atoms with Crippen LogP contribution in [0.1, 0.15) is 25.0 Å². The fourth-order valence-corrected chi connectivity index (χ4v) is 4.15. The largest absolute Gasteiger partial charge is 0.325 e. The molecule has 0 fully saturated rings. The van der Waals surface area contributed by atoms with E-state index in [-0.39, 0.29) is 11.4 Å². The van der Waals surface area contributed by atoms with Crippen molar-refractivity contribution >= 4 is 21.6 Å². The monoisotopic (exact) mass is 391 g/mol. The van der Waals surface area contributed by atoms with Gasteiger partial charge in [-0.1, -0.05) is 19.9 Å². The van der Waals surface area contributed by atoms with Gasteiger partial charge in [0.05, 0.1) is 4.90 Å². The molecule has 2 rings (SSSR count). The molecular weight excluding hydrogens is 366 g/mol. The van der Waals surface area contributed by atoms with E-state index in [1.807, 2.05) is 26.0 Å². The molecule has 0 saturated heterocycles. The van der Waals surface area contributed by atoms with E-state index in [4.69, 9.17) is 0 Å². The molecule has 0 aliphatic carbocycles. The number of pyridine rings is 1. The van der Waals surface area contributed by atoms with Gasteiger partial charge in [0.1, 0.15) is 6.54 Å². The molecule has 27 heavy (non-hydrogen) atoms. The summed E-state index contributed by atoms with van der Waals surface area (Å²) in [5.74, 6) is -0.405. The average molecular weight is 391 g/mol. The minimum absolute atomic E-state index is 0.00946. The Labute approximate surface area is 159 Å². The van der Waals surface area contributed by atoms with Crippen molar-refractivity contribution in [2.75, 3.05) is 18.4 Å². The number of sulfonamides is 1. The summed E-state index contributed by atoms with van der Waals surface area (Å²) in [7, 11) is -3.70.